The van der Waals surface area contributed by atoms with Gasteiger partial charge in [0.1, 0.15) is 17.8 Å². The van der Waals surface area contributed by atoms with Crippen molar-refractivity contribution in [3.8, 4) is 34.8 Å². The van der Waals surface area contributed by atoms with E-state index >= 15 is 0 Å². The predicted molar refractivity (Wildman–Crippen MR) is 205 cm³/mol. The summed E-state index contributed by atoms with van der Waals surface area (Å²) < 4.78 is 23.7. The van der Waals surface area contributed by atoms with Gasteiger partial charge in [-0.1, -0.05) is 24.3 Å². The molecule has 1 fully saturated rings. The lowest BCUT2D eigenvalue weighted by Crippen LogP contribution is -2.69. The van der Waals surface area contributed by atoms with Crippen LogP contribution in [0.2, 0.25) is 0 Å². The number of para-hydroxylation sites is 1. The first kappa shape index (κ1) is 37.9. The van der Waals surface area contributed by atoms with Crippen LogP contribution in [0.25, 0.3) is 0 Å². The second kappa shape index (κ2) is 14.7. The summed E-state index contributed by atoms with van der Waals surface area (Å²) in [6, 6.07) is 10.2. The highest BCUT2D eigenvalue weighted by atomic mass is 32.1. The molecule has 15 heteroatoms. The molecule has 7 rings (SSSR count). The number of carbonyl (C=O) groups excluding carboxylic acids is 3. The number of anilines is 1. The summed E-state index contributed by atoms with van der Waals surface area (Å²) in [6.45, 7) is 8.03. The fraction of sp³-hybridized carbons (Fsp3) is 0.425. The van der Waals surface area contributed by atoms with Crippen LogP contribution in [0.3, 0.4) is 0 Å². The molecule has 1 saturated heterocycles. The van der Waals surface area contributed by atoms with E-state index in [1.807, 2.05) is 33.0 Å². The Balaban J connectivity index is 1.31. The van der Waals surface area contributed by atoms with Crippen molar-refractivity contribution in [3.05, 3.63) is 69.8 Å². The molecule has 55 heavy (non-hydrogen) atoms. The molecule has 1 unspecified atom stereocenters. The van der Waals surface area contributed by atoms with Crippen molar-refractivity contribution in [1.29, 1.82) is 5.26 Å². The number of piperazine rings is 1. The number of nitrogens with zero attached hydrogens (tertiary/aromatic N) is 4. The van der Waals surface area contributed by atoms with Gasteiger partial charge in [-0.3, -0.25) is 29.1 Å². The van der Waals surface area contributed by atoms with E-state index in [9.17, 15) is 24.8 Å². The van der Waals surface area contributed by atoms with Crippen LogP contribution in [0, 0.1) is 25.2 Å². The zero-order chi connectivity index (χ0) is 39.5. The Hall–Kier alpha value is -5.43. The molecular weight excluding hydrogens is 725 g/mol. The Morgan fingerprint density at radius 3 is 2.45 bits per heavy atom. The van der Waals surface area contributed by atoms with Gasteiger partial charge in [0.2, 0.25) is 18.6 Å². The summed E-state index contributed by atoms with van der Waals surface area (Å²) in [5, 5.41) is 28.9. The van der Waals surface area contributed by atoms with Crippen molar-refractivity contribution >= 4 is 40.8 Å². The van der Waals surface area contributed by atoms with Crippen molar-refractivity contribution < 1.29 is 38.4 Å². The first-order valence-corrected chi connectivity index (χ1v) is 18.5. The molecule has 2 amide bonds. The third kappa shape index (κ3) is 6.27. The minimum Gasteiger partial charge on any atom is -0.504 e. The van der Waals surface area contributed by atoms with Gasteiger partial charge in [0.05, 0.1) is 31.0 Å². The highest BCUT2D eigenvalue weighted by molar-refractivity contribution is 7.80. The highest BCUT2D eigenvalue weighted by Gasteiger charge is 2.57. The number of fused-ring (bicyclic) bond motifs is 9. The number of nitrogens with one attached hydrogen (secondary N) is 2. The van der Waals surface area contributed by atoms with E-state index in [1.54, 1.807) is 31.2 Å². The molecule has 0 spiro atoms. The molecule has 4 heterocycles. The van der Waals surface area contributed by atoms with Crippen LogP contribution >= 0.6 is 12.2 Å². The van der Waals surface area contributed by atoms with E-state index in [0.717, 1.165) is 11.1 Å². The van der Waals surface area contributed by atoms with E-state index in [4.69, 9.17) is 31.2 Å². The van der Waals surface area contributed by atoms with Gasteiger partial charge in [-0.05, 0) is 76.1 Å². The fourth-order valence-electron chi connectivity index (χ4n) is 9.00. The number of aromatic hydroxyl groups is 1. The third-order valence-electron chi connectivity index (χ3n) is 11.2. The number of hydrogen-bond donors (Lipinski definition) is 3. The van der Waals surface area contributed by atoms with Gasteiger partial charge < -0.3 is 34.7 Å². The van der Waals surface area contributed by atoms with Crippen LogP contribution in [-0.2, 0) is 27.2 Å². The van der Waals surface area contributed by atoms with Gasteiger partial charge in [-0.2, -0.15) is 5.26 Å². The number of phenolic OH excluding ortho intramolecular Hbond substituents is 1. The fourth-order valence-corrected chi connectivity index (χ4v) is 9.41. The monoisotopic (exact) mass is 768 g/mol. The summed E-state index contributed by atoms with van der Waals surface area (Å²) in [6.07, 6.45) is 0.812. The van der Waals surface area contributed by atoms with Crippen LogP contribution in [0.4, 0.5) is 5.69 Å². The highest BCUT2D eigenvalue weighted by Crippen LogP contribution is 2.58. The van der Waals surface area contributed by atoms with Gasteiger partial charge in [0.25, 0.3) is 0 Å². The van der Waals surface area contributed by atoms with E-state index < -0.39 is 42.1 Å². The molecule has 3 aromatic rings. The average Bonchev–Trinajstić information content (AvgIpc) is 3.63. The number of rotatable bonds is 7. The van der Waals surface area contributed by atoms with Crippen LogP contribution in [0.5, 0.6) is 28.7 Å². The average molecular weight is 769 g/mol. The van der Waals surface area contributed by atoms with Gasteiger partial charge in [-0.25, -0.2) is 0 Å². The molecule has 4 aliphatic heterocycles. The topological polar surface area (TPSA) is 166 Å². The van der Waals surface area contributed by atoms with Crippen molar-refractivity contribution in [1.82, 2.24) is 20.4 Å². The van der Waals surface area contributed by atoms with E-state index in [0.29, 0.717) is 63.8 Å². The van der Waals surface area contributed by atoms with Crippen molar-refractivity contribution in [2.45, 2.75) is 83.7 Å². The molecule has 0 radical (unpaired) electrons. The Kier molecular flexibility index (Phi) is 10.1. The van der Waals surface area contributed by atoms with Gasteiger partial charge in [0, 0.05) is 54.7 Å². The minimum atomic E-state index is -0.866. The Morgan fingerprint density at radius 1 is 1.09 bits per heavy atom. The number of phenols is 1. The van der Waals surface area contributed by atoms with E-state index in [1.165, 1.54) is 25.9 Å². The zero-order valence-corrected chi connectivity index (χ0v) is 32.6. The molecular formula is C40H44N6O8S. The Labute approximate surface area is 324 Å². The smallest absolute Gasteiger partial charge is 0.308 e. The van der Waals surface area contributed by atoms with Crippen molar-refractivity contribution in [2.75, 3.05) is 32.4 Å². The Bertz CT molecular complexity index is 2140. The maximum atomic E-state index is 13.9. The van der Waals surface area contributed by atoms with Crippen LogP contribution < -0.4 is 34.5 Å². The number of ether oxygens (including phenoxy) is 4. The summed E-state index contributed by atoms with van der Waals surface area (Å²) >= 11 is 5.60. The van der Waals surface area contributed by atoms with Crippen LogP contribution in [0.15, 0.2) is 36.4 Å². The third-order valence-corrected chi connectivity index (χ3v) is 11.5. The lowest BCUT2D eigenvalue weighted by Gasteiger charge is -2.60. The predicted octanol–water partition coefficient (Wildman–Crippen LogP) is 3.88. The lowest BCUT2D eigenvalue weighted by molar-refractivity contribution is -0.132. The maximum Gasteiger partial charge on any atom is 0.308 e. The SMILES string of the molecule is COc1c(C)cc2c(c1O)[C@@H]1C3Cc4c(OC(C)=O)c(C)c5c(c4[C@H](CNC(=O)[C@H](C)NC(=S)N(C(C)=O)c4ccccc4)N3[C@@H](C#N)[C@H](C2)N1C)OCO5. The molecule has 3 N–H and O–H groups in total. The van der Waals surface area contributed by atoms with E-state index in [-0.39, 0.29) is 36.1 Å². The van der Waals surface area contributed by atoms with E-state index in [2.05, 4.69) is 26.5 Å². The largest absolute Gasteiger partial charge is 0.504 e. The summed E-state index contributed by atoms with van der Waals surface area (Å²) in [4.78, 5) is 44.8. The number of nitriles is 1. The molecule has 0 aromatic heterocycles. The van der Waals surface area contributed by atoms with Crippen LogP contribution in [-0.4, -0.2) is 89.5 Å². The number of likely N-dealkylation sites (N-methyl/N-ethyl adjacent to an activating group) is 1. The molecule has 14 nitrogen and oxygen atoms in total. The second-order valence-electron chi connectivity index (χ2n) is 14.4. The zero-order valence-electron chi connectivity index (χ0n) is 31.8. The number of aryl methyl sites for hydroxylation is 1. The van der Waals surface area contributed by atoms with Crippen LogP contribution in [0.1, 0.15) is 66.2 Å². The second-order valence-corrected chi connectivity index (χ2v) is 14.8. The standard InChI is InChI=1S/C40H44N6O8S/c1-19-13-24-14-27-29(16-41)46-28(33(44(27)6)31(24)34(49)35(19)51-7)15-26-32(38-37(52-18-53-38)20(2)36(26)54-23(5)48)30(46)17-42-39(50)21(3)43-40(55)45(22(4)47)25-11-9-8-10-12-25/h8-13,21,27-30,33,49H,14-15,17-18H2,1-7H3,(H,42,50)(H,43,55)/t21-,27-,28?,29-,30-,33-/m0/s1. The summed E-state index contributed by atoms with van der Waals surface area (Å²) in [7, 11) is 3.49. The minimum absolute atomic E-state index is 0.0198. The molecule has 4 aliphatic rings. The Morgan fingerprint density at radius 2 is 1.80 bits per heavy atom. The summed E-state index contributed by atoms with van der Waals surface area (Å²) in [5.74, 6) is 0.430. The number of esters is 1. The number of benzene rings is 3. The first-order valence-electron chi connectivity index (χ1n) is 18.1. The number of methoxy groups -OCH3 is 1. The molecule has 288 valence electrons. The quantitative estimate of drug-likeness (QED) is 0.180. The van der Waals surface area contributed by atoms with Gasteiger partial charge in [0.15, 0.2) is 28.1 Å². The number of carbonyl (C=O) groups is 3. The number of amides is 2. The van der Waals surface area contributed by atoms with Crippen molar-refractivity contribution in [2.24, 2.45) is 0 Å². The first-order chi connectivity index (χ1) is 26.3. The maximum absolute atomic E-state index is 13.9. The van der Waals surface area contributed by atoms with Gasteiger partial charge >= 0.3 is 5.97 Å². The summed E-state index contributed by atoms with van der Waals surface area (Å²) in [5.41, 5.74) is 4.95. The normalized spacial score (nSPS) is 22.5. The number of thiocarbonyl (C=S) groups is 1. The molecule has 6 atom stereocenters. The number of hydrogen-bond acceptors (Lipinski definition) is 12. The van der Waals surface area contributed by atoms with Gasteiger partial charge in [-0.15, -0.1) is 0 Å². The molecule has 3 aromatic carbocycles. The lowest BCUT2D eigenvalue weighted by atomic mass is 9.71. The molecule has 0 aliphatic carbocycles. The molecule has 2 bridgehead atoms. The van der Waals surface area contributed by atoms with Crippen molar-refractivity contribution in [3.63, 3.8) is 0 Å². The molecule has 0 saturated carbocycles.